The zero-order valence-corrected chi connectivity index (χ0v) is 21.5. The molecule has 0 amide bonds. The summed E-state index contributed by atoms with van der Waals surface area (Å²) in [5, 5.41) is 2.97. The van der Waals surface area contributed by atoms with E-state index in [0.29, 0.717) is 45.7 Å². The Hall–Kier alpha value is -3.10. The van der Waals surface area contributed by atoms with Gasteiger partial charge in [0.1, 0.15) is 5.69 Å². The molecule has 3 N–H and O–H groups in total. The molecule has 14 heteroatoms. The number of amidine groups is 1. The highest BCUT2D eigenvalue weighted by atomic mass is 19.3. The largest absolute Gasteiger partial charge is 0.466 e. The summed E-state index contributed by atoms with van der Waals surface area (Å²) >= 11 is 0. The van der Waals surface area contributed by atoms with E-state index < -0.39 is 12.1 Å². The number of piperazine rings is 1. The van der Waals surface area contributed by atoms with Crippen molar-refractivity contribution < 1.29 is 23.0 Å². The molecular formula is C23H37F2N9O3. The average molecular weight is 526 g/mol. The third kappa shape index (κ3) is 10.4. The zero-order chi connectivity index (χ0) is 27.0. The van der Waals surface area contributed by atoms with E-state index in [2.05, 4.69) is 41.9 Å². The predicted octanol–water partition coefficient (Wildman–Crippen LogP) is 0.997. The standard InChI is InChI=1S/C23H37F2N9O3/c1-4-37-18(35)6-5-9-33-10-12-34(13-11-33)23(28-3)32-21(29-8-15-36-14-7-27-2)17-16-30-22(26)31-19(17)20(24)25/h16,20,27H,3-15H2,1-2H3,(H2,26,30,31). The van der Waals surface area contributed by atoms with Crippen molar-refractivity contribution in [1.29, 1.82) is 0 Å². The first-order valence-corrected chi connectivity index (χ1v) is 12.3. The summed E-state index contributed by atoms with van der Waals surface area (Å²) in [7, 11) is 1.81. The number of nitrogen functional groups attached to an aromatic ring is 1. The maximum atomic E-state index is 13.7. The van der Waals surface area contributed by atoms with Crippen LogP contribution in [-0.2, 0) is 14.3 Å². The molecule has 1 aromatic heterocycles. The number of likely N-dealkylation sites (N-methyl/N-ethyl adjacent to an activating group) is 1. The lowest BCUT2D eigenvalue weighted by Gasteiger charge is -2.35. The average Bonchev–Trinajstić information content (AvgIpc) is 2.88. The van der Waals surface area contributed by atoms with Gasteiger partial charge in [-0.15, -0.1) is 0 Å². The lowest BCUT2D eigenvalue weighted by atomic mass is 10.2. The van der Waals surface area contributed by atoms with Crippen molar-refractivity contribution in [3.63, 3.8) is 0 Å². The molecule has 37 heavy (non-hydrogen) atoms. The van der Waals surface area contributed by atoms with E-state index in [4.69, 9.17) is 15.2 Å². The van der Waals surface area contributed by atoms with Gasteiger partial charge in [0, 0.05) is 45.3 Å². The molecule has 2 heterocycles. The van der Waals surface area contributed by atoms with Crippen LogP contribution >= 0.6 is 0 Å². The van der Waals surface area contributed by atoms with Crippen LogP contribution in [0.5, 0.6) is 0 Å². The SMILES string of the molecule is C=NC(=NC(=NCCOCCNC)c1cnc(N)nc1C(F)F)N1CCN(CCCC(=O)OCC)CC1. The van der Waals surface area contributed by atoms with Gasteiger partial charge < -0.3 is 25.4 Å². The Labute approximate surface area is 216 Å². The quantitative estimate of drug-likeness (QED) is 0.167. The summed E-state index contributed by atoms with van der Waals surface area (Å²) in [5.41, 5.74) is 4.95. The highest BCUT2D eigenvalue weighted by molar-refractivity contribution is 6.07. The number of anilines is 1. The number of hydrogen-bond donors (Lipinski definition) is 2. The van der Waals surface area contributed by atoms with E-state index >= 15 is 0 Å². The number of rotatable bonds is 13. The fraction of sp³-hybridized carbons (Fsp3) is 0.652. The van der Waals surface area contributed by atoms with Crippen molar-refractivity contribution in [2.75, 3.05) is 78.4 Å². The molecule has 0 spiro atoms. The number of halogens is 2. The molecule has 0 aliphatic carbocycles. The zero-order valence-electron chi connectivity index (χ0n) is 21.5. The van der Waals surface area contributed by atoms with Gasteiger partial charge in [0.05, 0.1) is 31.9 Å². The molecule has 0 atom stereocenters. The number of aliphatic imine (C=N–C) groups is 3. The second-order valence-electron chi connectivity index (χ2n) is 8.06. The van der Waals surface area contributed by atoms with Crippen molar-refractivity contribution >= 4 is 30.4 Å². The van der Waals surface area contributed by atoms with Crippen molar-refractivity contribution in [2.45, 2.75) is 26.2 Å². The normalized spacial score (nSPS) is 15.3. The fourth-order valence-electron chi connectivity index (χ4n) is 3.57. The van der Waals surface area contributed by atoms with Crippen molar-refractivity contribution in [1.82, 2.24) is 25.1 Å². The molecule has 1 aliphatic rings. The first-order valence-electron chi connectivity index (χ1n) is 12.3. The summed E-state index contributed by atoms with van der Waals surface area (Å²) in [6, 6.07) is 0. The number of esters is 1. The van der Waals surface area contributed by atoms with Crippen molar-refractivity contribution in [2.24, 2.45) is 15.0 Å². The molecule has 1 aliphatic heterocycles. The Balaban J connectivity index is 2.13. The van der Waals surface area contributed by atoms with E-state index in [1.807, 2.05) is 11.9 Å². The minimum Gasteiger partial charge on any atom is -0.466 e. The third-order valence-electron chi connectivity index (χ3n) is 5.44. The minimum absolute atomic E-state index is 0.00628. The number of nitrogens with one attached hydrogen (secondary N) is 1. The Bertz CT molecular complexity index is 923. The highest BCUT2D eigenvalue weighted by Gasteiger charge is 2.23. The Morgan fingerprint density at radius 2 is 2.05 bits per heavy atom. The van der Waals surface area contributed by atoms with Gasteiger partial charge in [-0.25, -0.2) is 23.7 Å². The van der Waals surface area contributed by atoms with Gasteiger partial charge in [-0.2, -0.15) is 4.99 Å². The van der Waals surface area contributed by atoms with Gasteiger partial charge >= 0.3 is 5.97 Å². The summed E-state index contributed by atoms with van der Waals surface area (Å²) in [6.07, 6.45) is -0.620. The van der Waals surface area contributed by atoms with Crippen LogP contribution < -0.4 is 11.1 Å². The van der Waals surface area contributed by atoms with Gasteiger partial charge in [-0.05, 0) is 33.7 Å². The van der Waals surface area contributed by atoms with Crippen LogP contribution in [0.15, 0.2) is 21.2 Å². The molecule has 2 rings (SSSR count). The number of nitrogens with two attached hydrogens (primary N) is 1. The second-order valence-corrected chi connectivity index (χ2v) is 8.06. The first-order chi connectivity index (χ1) is 17.9. The molecule has 0 bridgehead atoms. The lowest BCUT2D eigenvalue weighted by molar-refractivity contribution is -0.143. The minimum atomic E-state index is -2.90. The molecule has 206 valence electrons. The summed E-state index contributed by atoms with van der Waals surface area (Å²) < 4.78 is 37.9. The number of alkyl halides is 2. The molecule has 0 unspecified atom stereocenters. The number of nitrogens with zero attached hydrogens (tertiary/aromatic N) is 7. The Morgan fingerprint density at radius 3 is 2.70 bits per heavy atom. The van der Waals surface area contributed by atoms with E-state index in [1.165, 1.54) is 6.20 Å². The van der Waals surface area contributed by atoms with E-state index in [-0.39, 0.29) is 42.4 Å². The van der Waals surface area contributed by atoms with Crippen LogP contribution in [0.4, 0.5) is 14.7 Å². The topological polar surface area (TPSA) is 143 Å². The molecule has 12 nitrogen and oxygen atoms in total. The lowest BCUT2D eigenvalue weighted by Crippen LogP contribution is -2.48. The molecule has 0 saturated carbocycles. The second kappa shape index (κ2) is 16.6. The number of carbonyl (C=O) groups excluding carboxylic acids is 1. The number of aromatic nitrogens is 2. The van der Waals surface area contributed by atoms with Gasteiger partial charge in [-0.3, -0.25) is 14.7 Å². The molecule has 1 fully saturated rings. The molecular weight excluding hydrogens is 488 g/mol. The van der Waals surface area contributed by atoms with E-state index in [9.17, 15) is 13.6 Å². The van der Waals surface area contributed by atoms with Crippen molar-refractivity contribution in [3.8, 4) is 0 Å². The molecule has 1 aromatic rings. The Kier molecular flexibility index (Phi) is 13.5. The first kappa shape index (κ1) is 30.1. The Morgan fingerprint density at radius 1 is 1.30 bits per heavy atom. The summed E-state index contributed by atoms with van der Waals surface area (Å²) in [5.74, 6) is -0.191. The maximum absolute atomic E-state index is 13.7. The van der Waals surface area contributed by atoms with Crippen LogP contribution in [0.3, 0.4) is 0 Å². The van der Waals surface area contributed by atoms with Crippen LogP contribution in [0.2, 0.25) is 0 Å². The van der Waals surface area contributed by atoms with E-state index in [1.54, 1.807) is 6.92 Å². The maximum Gasteiger partial charge on any atom is 0.305 e. The van der Waals surface area contributed by atoms with Crippen molar-refractivity contribution in [3.05, 3.63) is 17.5 Å². The number of guanidine groups is 1. The van der Waals surface area contributed by atoms with Crippen LogP contribution in [-0.4, -0.2) is 117 Å². The highest BCUT2D eigenvalue weighted by Crippen LogP contribution is 2.22. The van der Waals surface area contributed by atoms with Gasteiger partial charge in [0.15, 0.2) is 5.84 Å². The van der Waals surface area contributed by atoms with Crippen LogP contribution in [0.1, 0.15) is 37.4 Å². The predicted molar refractivity (Wildman–Crippen MR) is 138 cm³/mol. The summed E-state index contributed by atoms with van der Waals surface area (Å²) in [4.78, 5) is 36.2. The van der Waals surface area contributed by atoms with Crippen LogP contribution in [0, 0.1) is 0 Å². The fourth-order valence-corrected chi connectivity index (χ4v) is 3.57. The smallest absolute Gasteiger partial charge is 0.305 e. The van der Waals surface area contributed by atoms with Gasteiger partial charge in [0.2, 0.25) is 11.9 Å². The number of hydrogen-bond acceptors (Lipinski definition) is 9. The van der Waals surface area contributed by atoms with Gasteiger partial charge in [0.25, 0.3) is 6.43 Å². The van der Waals surface area contributed by atoms with E-state index in [0.717, 1.165) is 19.6 Å². The van der Waals surface area contributed by atoms with Crippen LogP contribution in [0.25, 0.3) is 0 Å². The molecule has 0 radical (unpaired) electrons. The monoisotopic (exact) mass is 525 g/mol. The number of carbonyl (C=O) groups is 1. The van der Waals surface area contributed by atoms with Gasteiger partial charge in [-0.1, -0.05) is 0 Å². The summed E-state index contributed by atoms with van der Waals surface area (Å²) in [6.45, 7) is 10.8. The third-order valence-corrected chi connectivity index (χ3v) is 5.44. The molecule has 1 saturated heterocycles. The molecule has 0 aromatic carbocycles. The number of ether oxygens (including phenoxy) is 2.